The molecule has 0 unspecified atom stereocenters. The van der Waals surface area contributed by atoms with E-state index in [4.69, 9.17) is 27.9 Å². The molecule has 0 spiro atoms. The fraction of sp³-hybridized carbons (Fsp3) is 0.0769. The molecule has 2 aromatic rings. The molecule has 0 fully saturated rings. The second-order valence-electron chi connectivity index (χ2n) is 3.53. The smallest absolute Gasteiger partial charge is 0.272 e. The van der Waals surface area contributed by atoms with Crippen LogP contribution in [0.4, 0.5) is 0 Å². The van der Waals surface area contributed by atoms with E-state index in [1.165, 1.54) is 0 Å². The van der Waals surface area contributed by atoms with E-state index >= 15 is 0 Å². The van der Waals surface area contributed by atoms with E-state index < -0.39 is 5.24 Å². The number of halogens is 2. The molecule has 0 saturated carbocycles. The van der Waals surface area contributed by atoms with Crippen molar-refractivity contribution in [2.24, 2.45) is 0 Å². The van der Waals surface area contributed by atoms with E-state index in [2.05, 4.69) is 4.98 Å². The summed E-state index contributed by atoms with van der Waals surface area (Å²) in [7, 11) is 1.60. The minimum atomic E-state index is -0.671. The summed E-state index contributed by atoms with van der Waals surface area (Å²) in [5, 5.41) is -0.428. The first-order valence-electron chi connectivity index (χ1n) is 5.12. The molecule has 0 N–H and O–H groups in total. The van der Waals surface area contributed by atoms with Gasteiger partial charge in [0.25, 0.3) is 5.24 Å². The van der Waals surface area contributed by atoms with Gasteiger partial charge in [-0.25, -0.2) is 4.98 Å². The summed E-state index contributed by atoms with van der Waals surface area (Å²) in [6.07, 6.45) is 0. The summed E-state index contributed by atoms with van der Waals surface area (Å²) < 4.78 is 5.07. The van der Waals surface area contributed by atoms with E-state index in [1.807, 2.05) is 24.3 Å². The third-order valence-electron chi connectivity index (χ3n) is 2.42. The SMILES string of the molecule is COc1ccc(-c2ccc(Cl)c(C(=O)Cl)n2)cc1. The molecule has 5 heteroatoms. The second kappa shape index (κ2) is 5.38. The van der Waals surface area contributed by atoms with Gasteiger partial charge in [0.15, 0.2) is 0 Å². The number of hydrogen-bond acceptors (Lipinski definition) is 3. The topological polar surface area (TPSA) is 39.2 Å². The largest absolute Gasteiger partial charge is 0.497 e. The number of methoxy groups -OCH3 is 1. The highest BCUT2D eigenvalue weighted by atomic mass is 35.5. The minimum absolute atomic E-state index is 0.0617. The fourth-order valence-electron chi connectivity index (χ4n) is 1.50. The number of nitrogens with zero attached hydrogens (tertiary/aromatic N) is 1. The van der Waals surface area contributed by atoms with Crippen molar-refractivity contribution in [2.45, 2.75) is 0 Å². The molecule has 0 amide bonds. The number of carbonyl (C=O) groups is 1. The summed E-state index contributed by atoms with van der Waals surface area (Å²) in [5.41, 5.74) is 1.55. The average molecular weight is 282 g/mol. The van der Waals surface area contributed by atoms with Crippen molar-refractivity contribution in [2.75, 3.05) is 7.11 Å². The zero-order valence-corrected chi connectivity index (χ0v) is 11.0. The van der Waals surface area contributed by atoms with E-state index in [9.17, 15) is 4.79 Å². The van der Waals surface area contributed by atoms with Crippen LogP contribution in [0.15, 0.2) is 36.4 Å². The zero-order chi connectivity index (χ0) is 13.1. The molecule has 1 heterocycles. The summed E-state index contributed by atoms with van der Waals surface area (Å²) in [5.74, 6) is 0.751. The summed E-state index contributed by atoms with van der Waals surface area (Å²) >= 11 is 11.2. The Kier molecular flexibility index (Phi) is 3.84. The van der Waals surface area contributed by atoms with Crippen molar-refractivity contribution in [3.8, 4) is 17.0 Å². The molecule has 1 aromatic heterocycles. The maximum Gasteiger partial charge on any atom is 0.272 e. The number of ether oxygens (including phenoxy) is 1. The van der Waals surface area contributed by atoms with Crippen LogP contribution in [-0.4, -0.2) is 17.3 Å². The highest BCUT2D eigenvalue weighted by Crippen LogP contribution is 2.24. The van der Waals surface area contributed by atoms with Crippen LogP contribution in [-0.2, 0) is 0 Å². The number of aromatic nitrogens is 1. The van der Waals surface area contributed by atoms with E-state index in [0.29, 0.717) is 5.69 Å². The highest BCUT2D eigenvalue weighted by molar-refractivity contribution is 6.68. The lowest BCUT2D eigenvalue weighted by Crippen LogP contribution is -1.97. The van der Waals surface area contributed by atoms with Crippen molar-refractivity contribution < 1.29 is 9.53 Å². The zero-order valence-electron chi connectivity index (χ0n) is 9.48. The van der Waals surface area contributed by atoms with Crippen molar-refractivity contribution in [3.05, 3.63) is 47.1 Å². The van der Waals surface area contributed by atoms with Gasteiger partial charge in [0.05, 0.1) is 17.8 Å². The molecular weight excluding hydrogens is 273 g/mol. The Bertz CT molecular complexity index is 582. The Labute approximate surface area is 114 Å². The van der Waals surface area contributed by atoms with Gasteiger partial charge in [-0.1, -0.05) is 11.6 Å². The van der Waals surface area contributed by atoms with Crippen LogP contribution in [0, 0.1) is 0 Å². The van der Waals surface area contributed by atoms with Gasteiger partial charge in [-0.15, -0.1) is 0 Å². The first-order valence-corrected chi connectivity index (χ1v) is 5.88. The standard InChI is InChI=1S/C13H9Cl2NO2/c1-18-9-4-2-8(3-5-9)11-7-6-10(14)12(16-11)13(15)17/h2-7H,1H3. The van der Waals surface area contributed by atoms with Crippen molar-refractivity contribution in [1.82, 2.24) is 4.98 Å². The van der Waals surface area contributed by atoms with Gasteiger partial charge in [-0.3, -0.25) is 4.79 Å². The maximum absolute atomic E-state index is 11.1. The van der Waals surface area contributed by atoms with Crippen molar-refractivity contribution >= 4 is 28.4 Å². The Morgan fingerprint density at radius 2 is 1.83 bits per heavy atom. The first kappa shape index (κ1) is 12.9. The van der Waals surface area contributed by atoms with Crippen LogP contribution in [0.1, 0.15) is 10.5 Å². The molecule has 3 nitrogen and oxygen atoms in total. The van der Waals surface area contributed by atoms with Crippen LogP contribution < -0.4 is 4.74 Å². The van der Waals surface area contributed by atoms with Gasteiger partial charge in [-0.05, 0) is 48.0 Å². The Balaban J connectivity index is 2.44. The Morgan fingerprint density at radius 1 is 1.17 bits per heavy atom. The second-order valence-corrected chi connectivity index (χ2v) is 4.28. The molecule has 0 saturated heterocycles. The Morgan fingerprint density at radius 3 is 2.39 bits per heavy atom. The molecule has 2 rings (SSSR count). The monoisotopic (exact) mass is 281 g/mol. The van der Waals surface area contributed by atoms with Crippen LogP contribution in [0.25, 0.3) is 11.3 Å². The fourth-order valence-corrected chi connectivity index (χ4v) is 1.89. The predicted molar refractivity (Wildman–Crippen MR) is 71.4 cm³/mol. The lowest BCUT2D eigenvalue weighted by Gasteiger charge is -2.05. The number of hydrogen-bond donors (Lipinski definition) is 0. The van der Waals surface area contributed by atoms with Crippen LogP contribution >= 0.6 is 23.2 Å². The third kappa shape index (κ3) is 2.63. The lowest BCUT2D eigenvalue weighted by molar-refractivity contribution is 0.107. The average Bonchev–Trinajstić information content (AvgIpc) is 2.39. The molecule has 0 radical (unpaired) electrons. The summed E-state index contributed by atoms with van der Waals surface area (Å²) in [4.78, 5) is 15.3. The molecule has 0 aliphatic carbocycles. The molecule has 18 heavy (non-hydrogen) atoms. The quantitative estimate of drug-likeness (QED) is 0.804. The highest BCUT2D eigenvalue weighted by Gasteiger charge is 2.11. The van der Waals surface area contributed by atoms with Gasteiger partial charge in [0.2, 0.25) is 0 Å². The van der Waals surface area contributed by atoms with Gasteiger partial charge in [-0.2, -0.15) is 0 Å². The van der Waals surface area contributed by atoms with Crippen molar-refractivity contribution in [3.63, 3.8) is 0 Å². The van der Waals surface area contributed by atoms with Gasteiger partial charge in [0, 0.05) is 5.56 Å². The van der Waals surface area contributed by atoms with Crippen LogP contribution in [0.3, 0.4) is 0 Å². The number of benzene rings is 1. The number of rotatable bonds is 3. The number of carbonyl (C=O) groups excluding carboxylic acids is 1. The van der Waals surface area contributed by atoms with Crippen molar-refractivity contribution in [1.29, 1.82) is 0 Å². The molecule has 92 valence electrons. The summed E-state index contributed by atoms with van der Waals surface area (Å²) in [6, 6.07) is 10.6. The lowest BCUT2D eigenvalue weighted by atomic mass is 10.1. The molecular formula is C13H9Cl2NO2. The molecule has 0 atom stereocenters. The molecule has 0 aliphatic rings. The molecule has 1 aromatic carbocycles. The van der Waals surface area contributed by atoms with E-state index in [-0.39, 0.29) is 10.7 Å². The maximum atomic E-state index is 11.1. The predicted octanol–water partition coefficient (Wildman–Crippen LogP) is 3.79. The molecule has 0 aliphatic heterocycles. The first-order chi connectivity index (χ1) is 8.61. The van der Waals surface area contributed by atoms with E-state index in [1.54, 1.807) is 19.2 Å². The Hall–Kier alpha value is -1.58. The molecule has 0 bridgehead atoms. The van der Waals surface area contributed by atoms with Gasteiger partial charge in [0.1, 0.15) is 11.4 Å². The van der Waals surface area contributed by atoms with Crippen LogP contribution in [0.2, 0.25) is 5.02 Å². The van der Waals surface area contributed by atoms with Gasteiger partial charge < -0.3 is 4.74 Å². The van der Waals surface area contributed by atoms with E-state index in [0.717, 1.165) is 11.3 Å². The third-order valence-corrected chi connectivity index (χ3v) is 2.90. The summed E-state index contributed by atoms with van der Waals surface area (Å²) in [6.45, 7) is 0. The van der Waals surface area contributed by atoms with Gasteiger partial charge >= 0.3 is 0 Å². The van der Waals surface area contributed by atoms with Crippen LogP contribution in [0.5, 0.6) is 5.75 Å². The number of pyridine rings is 1. The normalized spacial score (nSPS) is 10.2. The minimum Gasteiger partial charge on any atom is -0.497 e.